The van der Waals surface area contributed by atoms with Crippen molar-refractivity contribution in [2.45, 2.75) is 32.7 Å². The van der Waals surface area contributed by atoms with Gasteiger partial charge in [-0.15, -0.1) is 22.9 Å². The van der Waals surface area contributed by atoms with Crippen LogP contribution in [0.3, 0.4) is 0 Å². The summed E-state index contributed by atoms with van der Waals surface area (Å²) >= 11 is 8.12. The molecule has 1 unspecified atom stereocenters. The second-order valence-corrected chi connectivity index (χ2v) is 6.80. The van der Waals surface area contributed by atoms with Crippen LogP contribution >= 0.6 is 22.9 Å². The lowest BCUT2D eigenvalue weighted by molar-refractivity contribution is 0.748. The molecule has 104 valence electrons. The molecule has 0 aliphatic carbocycles. The molecule has 0 amide bonds. The minimum absolute atomic E-state index is 0.0953. The Kier molecular flexibility index (Phi) is 3.57. The maximum absolute atomic E-state index is 6.33. The minimum atomic E-state index is -0.0953. The number of fused-ring (bicyclic) bond motifs is 1. The molecular weight excluding hydrogens is 288 g/mol. The quantitative estimate of drug-likeness (QED) is 0.618. The van der Waals surface area contributed by atoms with E-state index in [2.05, 4.69) is 48.1 Å². The monoisotopic (exact) mass is 304 g/mol. The Morgan fingerprint density at radius 2 is 2.05 bits per heavy atom. The molecule has 0 N–H and O–H groups in total. The number of thiophene rings is 1. The number of rotatable bonds is 3. The molecule has 2 nitrogen and oxygen atoms in total. The summed E-state index contributed by atoms with van der Waals surface area (Å²) in [6.07, 6.45) is 0. The topological polar surface area (TPSA) is 17.8 Å². The Bertz CT molecular complexity index is 755. The molecule has 20 heavy (non-hydrogen) atoms. The van der Waals surface area contributed by atoms with Gasteiger partial charge >= 0.3 is 0 Å². The summed E-state index contributed by atoms with van der Waals surface area (Å²) in [6, 6.07) is 8.47. The fourth-order valence-electron chi connectivity index (χ4n) is 2.48. The lowest BCUT2D eigenvalue weighted by atomic mass is 10.2. The van der Waals surface area contributed by atoms with E-state index >= 15 is 0 Å². The molecule has 0 aliphatic rings. The fourth-order valence-corrected chi connectivity index (χ4v) is 3.55. The summed E-state index contributed by atoms with van der Waals surface area (Å²) in [7, 11) is 0. The number of halogens is 1. The van der Waals surface area contributed by atoms with Gasteiger partial charge in [0.1, 0.15) is 5.82 Å². The van der Waals surface area contributed by atoms with E-state index in [1.807, 2.05) is 6.92 Å². The zero-order chi connectivity index (χ0) is 14.3. The zero-order valence-corrected chi connectivity index (χ0v) is 13.4. The molecule has 3 rings (SSSR count). The van der Waals surface area contributed by atoms with Gasteiger partial charge in [0.25, 0.3) is 0 Å². The summed E-state index contributed by atoms with van der Waals surface area (Å²) in [5.41, 5.74) is 4.75. The Morgan fingerprint density at radius 3 is 2.70 bits per heavy atom. The molecule has 3 aromatic rings. The van der Waals surface area contributed by atoms with Crippen molar-refractivity contribution in [1.29, 1.82) is 0 Å². The van der Waals surface area contributed by atoms with Crippen molar-refractivity contribution in [3.8, 4) is 0 Å². The van der Waals surface area contributed by atoms with Crippen molar-refractivity contribution in [3.63, 3.8) is 0 Å². The number of aryl methyl sites for hydroxylation is 2. The van der Waals surface area contributed by atoms with Gasteiger partial charge in [-0.05, 0) is 49.4 Å². The summed E-state index contributed by atoms with van der Waals surface area (Å²) in [5, 5.41) is 2.04. The van der Waals surface area contributed by atoms with Crippen LogP contribution in [0.2, 0.25) is 0 Å². The molecule has 1 aromatic carbocycles. The third kappa shape index (κ3) is 2.25. The van der Waals surface area contributed by atoms with Crippen LogP contribution in [0.1, 0.15) is 34.1 Å². The van der Waals surface area contributed by atoms with E-state index in [4.69, 9.17) is 16.6 Å². The van der Waals surface area contributed by atoms with Crippen LogP contribution in [-0.2, 0) is 6.54 Å². The first kappa shape index (κ1) is 13.7. The van der Waals surface area contributed by atoms with E-state index in [-0.39, 0.29) is 5.38 Å². The number of hydrogen-bond acceptors (Lipinski definition) is 2. The van der Waals surface area contributed by atoms with Crippen LogP contribution in [0.5, 0.6) is 0 Å². The van der Waals surface area contributed by atoms with Gasteiger partial charge in [0, 0.05) is 4.88 Å². The normalized spacial score (nSPS) is 13.0. The molecule has 4 heteroatoms. The number of hydrogen-bond donors (Lipinski definition) is 0. The van der Waals surface area contributed by atoms with Crippen molar-refractivity contribution >= 4 is 34.0 Å². The van der Waals surface area contributed by atoms with Gasteiger partial charge in [-0.1, -0.05) is 12.1 Å². The number of imidazole rings is 1. The van der Waals surface area contributed by atoms with Crippen molar-refractivity contribution < 1.29 is 0 Å². The van der Waals surface area contributed by atoms with Gasteiger partial charge in [-0.25, -0.2) is 4.98 Å². The third-order valence-corrected chi connectivity index (χ3v) is 4.84. The predicted molar refractivity (Wildman–Crippen MR) is 86.9 cm³/mol. The molecule has 1 atom stereocenters. The van der Waals surface area contributed by atoms with Gasteiger partial charge in [0.15, 0.2) is 0 Å². The predicted octanol–water partition coefficient (Wildman–Crippen LogP) is 5.06. The highest BCUT2D eigenvalue weighted by molar-refractivity contribution is 7.10. The number of alkyl halides is 1. The second-order valence-electron chi connectivity index (χ2n) is 5.14. The van der Waals surface area contributed by atoms with Crippen LogP contribution in [-0.4, -0.2) is 9.55 Å². The van der Waals surface area contributed by atoms with E-state index in [1.165, 1.54) is 21.5 Å². The maximum Gasteiger partial charge on any atom is 0.128 e. The largest absolute Gasteiger partial charge is 0.321 e. The van der Waals surface area contributed by atoms with E-state index in [0.29, 0.717) is 0 Å². The summed E-state index contributed by atoms with van der Waals surface area (Å²) in [5.74, 6) is 0.948. The van der Waals surface area contributed by atoms with E-state index in [1.54, 1.807) is 11.3 Å². The fraction of sp³-hybridized carbons (Fsp3) is 0.312. The first-order valence-electron chi connectivity index (χ1n) is 6.70. The number of para-hydroxylation sites is 1. The third-order valence-electron chi connectivity index (χ3n) is 3.64. The Labute approximate surface area is 128 Å². The summed E-state index contributed by atoms with van der Waals surface area (Å²) < 4.78 is 2.25. The van der Waals surface area contributed by atoms with Crippen LogP contribution in [0, 0.1) is 13.8 Å². The van der Waals surface area contributed by atoms with Gasteiger partial charge in [0.05, 0.1) is 23.0 Å². The first-order chi connectivity index (χ1) is 9.58. The van der Waals surface area contributed by atoms with Crippen molar-refractivity contribution in [2.75, 3.05) is 0 Å². The Balaban J connectivity index is 2.19. The van der Waals surface area contributed by atoms with Crippen LogP contribution in [0.15, 0.2) is 29.6 Å². The molecule has 0 saturated heterocycles. The highest BCUT2D eigenvalue weighted by atomic mass is 35.5. The molecule has 0 aliphatic heterocycles. The molecule has 0 saturated carbocycles. The van der Waals surface area contributed by atoms with Gasteiger partial charge in [-0.3, -0.25) is 0 Å². The lowest BCUT2D eigenvalue weighted by Crippen LogP contribution is -2.05. The average Bonchev–Trinajstić information content (AvgIpc) is 2.96. The van der Waals surface area contributed by atoms with Gasteiger partial charge < -0.3 is 4.57 Å². The molecule has 2 aromatic heterocycles. The molecule has 2 heterocycles. The van der Waals surface area contributed by atoms with Gasteiger partial charge in [0.2, 0.25) is 0 Å². The molecule has 0 spiro atoms. The minimum Gasteiger partial charge on any atom is -0.321 e. The van der Waals surface area contributed by atoms with E-state index in [9.17, 15) is 0 Å². The number of benzene rings is 1. The Hall–Kier alpha value is -1.32. The molecule has 0 bridgehead atoms. The van der Waals surface area contributed by atoms with Gasteiger partial charge in [-0.2, -0.15) is 0 Å². The zero-order valence-electron chi connectivity index (χ0n) is 11.9. The van der Waals surface area contributed by atoms with Crippen LogP contribution < -0.4 is 0 Å². The molecule has 0 fully saturated rings. The molecular formula is C16H17ClN2S. The first-order valence-corrected chi connectivity index (χ1v) is 8.02. The van der Waals surface area contributed by atoms with Crippen LogP contribution in [0.25, 0.3) is 11.0 Å². The lowest BCUT2D eigenvalue weighted by Gasteiger charge is -2.10. The van der Waals surface area contributed by atoms with Crippen molar-refractivity contribution in [3.05, 3.63) is 51.5 Å². The molecule has 0 radical (unpaired) electrons. The Morgan fingerprint density at radius 1 is 1.25 bits per heavy atom. The average molecular weight is 305 g/mol. The SMILES string of the molecule is Cc1ccsc1Cn1c(C(C)Cl)nc2c(C)cccc21. The van der Waals surface area contributed by atoms with E-state index in [0.717, 1.165) is 17.9 Å². The smallest absolute Gasteiger partial charge is 0.128 e. The van der Waals surface area contributed by atoms with E-state index < -0.39 is 0 Å². The van der Waals surface area contributed by atoms with Crippen molar-refractivity contribution in [1.82, 2.24) is 9.55 Å². The number of aromatic nitrogens is 2. The van der Waals surface area contributed by atoms with Crippen LogP contribution in [0.4, 0.5) is 0 Å². The maximum atomic E-state index is 6.33. The van der Waals surface area contributed by atoms with Crippen molar-refractivity contribution in [2.24, 2.45) is 0 Å². The highest BCUT2D eigenvalue weighted by Crippen LogP contribution is 2.28. The summed E-state index contributed by atoms with van der Waals surface area (Å²) in [4.78, 5) is 6.12. The summed E-state index contributed by atoms with van der Waals surface area (Å²) in [6.45, 7) is 7.07. The number of nitrogens with zero attached hydrogens (tertiary/aromatic N) is 2. The standard InChI is InChI=1S/C16H17ClN2S/c1-10-7-8-20-14(10)9-19-13-6-4-5-11(2)15(13)18-16(19)12(3)17/h4-8,12H,9H2,1-3H3. The highest BCUT2D eigenvalue weighted by Gasteiger charge is 2.17. The second kappa shape index (κ2) is 5.23.